The van der Waals surface area contributed by atoms with Gasteiger partial charge in [0.15, 0.2) is 5.65 Å². The first kappa shape index (κ1) is 18.4. The maximum absolute atomic E-state index is 12.8. The van der Waals surface area contributed by atoms with Gasteiger partial charge in [-0.15, -0.1) is 0 Å². The number of H-pyrrole nitrogens is 1. The van der Waals surface area contributed by atoms with E-state index in [2.05, 4.69) is 36.2 Å². The van der Waals surface area contributed by atoms with E-state index in [0.717, 1.165) is 21.1 Å². The molecule has 1 aromatic carbocycles. The molecule has 2 amide bonds. The van der Waals surface area contributed by atoms with E-state index in [4.69, 9.17) is 0 Å². The molecule has 0 aliphatic carbocycles. The number of carbonyl (C=O) groups excluding carboxylic acids is 2. The molecule has 0 saturated heterocycles. The van der Waals surface area contributed by atoms with Crippen LogP contribution >= 0.6 is 15.9 Å². The van der Waals surface area contributed by atoms with Gasteiger partial charge >= 0.3 is 0 Å². The van der Waals surface area contributed by atoms with Crippen molar-refractivity contribution in [1.29, 1.82) is 0 Å². The van der Waals surface area contributed by atoms with E-state index < -0.39 is 0 Å². The summed E-state index contributed by atoms with van der Waals surface area (Å²) >= 11 is 3.36. The van der Waals surface area contributed by atoms with E-state index in [9.17, 15) is 9.59 Å². The zero-order valence-electron chi connectivity index (χ0n) is 15.4. The average Bonchev–Trinajstić information content (AvgIpc) is 3.32. The molecule has 0 bridgehead atoms. The predicted octanol–water partition coefficient (Wildman–Crippen LogP) is 3.60. The van der Waals surface area contributed by atoms with Gasteiger partial charge < -0.3 is 9.88 Å². The van der Waals surface area contributed by atoms with Crippen molar-refractivity contribution in [3.05, 3.63) is 63.3 Å². The molecule has 0 spiro atoms. The van der Waals surface area contributed by atoms with Crippen LogP contribution in [0, 0.1) is 13.8 Å². The molecule has 1 aliphatic rings. The van der Waals surface area contributed by atoms with Crippen LogP contribution in [0.1, 0.15) is 31.8 Å². The Bertz CT molecular complexity index is 1130. The third kappa shape index (κ3) is 3.31. The number of nitrogens with one attached hydrogen (secondary N) is 2. The Labute approximate surface area is 170 Å². The van der Waals surface area contributed by atoms with Gasteiger partial charge in [-0.05, 0) is 59.1 Å². The van der Waals surface area contributed by atoms with Crippen LogP contribution in [0.5, 0.6) is 0 Å². The molecule has 0 unspecified atom stereocenters. The summed E-state index contributed by atoms with van der Waals surface area (Å²) < 4.78 is 0.821. The number of nitrogens with zero attached hydrogens (tertiary/aromatic N) is 3. The number of carbonyl (C=O) groups is 2. The number of hydrogen-bond acceptors (Lipinski definition) is 4. The van der Waals surface area contributed by atoms with Crippen molar-refractivity contribution >= 4 is 44.9 Å². The van der Waals surface area contributed by atoms with Crippen LogP contribution in [0.25, 0.3) is 11.2 Å². The number of aromatic nitrogens is 3. The fraction of sp³-hybridized carbons (Fsp3) is 0.200. The Morgan fingerprint density at radius 3 is 2.57 bits per heavy atom. The van der Waals surface area contributed by atoms with Crippen LogP contribution in [0.15, 0.2) is 41.0 Å². The monoisotopic (exact) mass is 439 g/mol. The fourth-order valence-electron chi connectivity index (χ4n) is 3.22. The number of pyridine rings is 1. The lowest BCUT2D eigenvalue weighted by molar-refractivity contribution is 0.0798. The minimum Gasteiger partial charge on any atom is -0.331 e. The summed E-state index contributed by atoms with van der Waals surface area (Å²) in [5, 5.41) is 2.77. The zero-order chi connectivity index (χ0) is 19.8. The van der Waals surface area contributed by atoms with Gasteiger partial charge in [-0.2, -0.15) is 4.98 Å². The molecule has 0 atom stereocenters. The van der Waals surface area contributed by atoms with Gasteiger partial charge in [0, 0.05) is 34.9 Å². The second-order valence-electron chi connectivity index (χ2n) is 6.66. The van der Waals surface area contributed by atoms with E-state index >= 15 is 0 Å². The summed E-state index contributed by atoms with van der Waals surface area (Å²) in [5.41, 5.74) is 3.94. The molecule has 28 heavy (non-hydrogen) atoms. The smallest absolute Gasteiger partial charge is 0.258 e. The Morgan fingerprint density at radius 1 is 1.14 bits per heavy atom. The average molecular weight is 440 g/mol. The molecule has 2 N–H and O–H groups in total. The first-order chi connectivity index (χ1) is 13.4. The van der Waals surface area contributed by atoms with Crippen LogP contribution < -0.4 is 5.32 Å². The van der Waals surface area contributed by atoms with E-state index in [1.54, 1.807) is 23.2 Å². The maximum Gasteiger partial charge on any atom is 0.258 e. The molecule has 2 aromatic heterocycles. The summed E-state index contributed by atoms with van der Waals surface area (Å²) in [4.78, 5) is 38.7. The normalized spacial score (nSPS) is 13.3. The van der Waals surface area contributed by atoms with Crippen LogP contribution in [0.2, 0.25) is 0 Å². The maximum atomic E-state index is 12.8. The summed E-state index contributed by atoms with van der Waals surface area (Å²) in [7, 11) is 0. The molecule has 8 heteroatoms. The molecular formula is C20H18BrN5O2. The fourth-order valence-corrected chi connectivity index (χ4v) is 3.55. The minimum absolute atomic E-state index is 0.0218. The number of anilines is 1. The molecular weight excluding hydrogens is 422 g/mol. The van der Waals surface area contributed by atoms with Crippen LogP contribution in [-0.2, 0) is 0 Å². The molecule has 0 radical (unpaired) electrons. The first-order valence-corrected chi connectivity index (χ1v) is 9.60. The third-order valence-electron chi connectivity index (χ3n) is 4.90. The van der Waals surface area contributed by atoms with Crippen LogP contribution in [0.4, 0.5) is 5.95 Å². The lowest BCUT2D eigenvalue weighted by atomic mass is 9.96. The number of hydrogen-bond donors (Lipinski definition) is 2. The van der Waals surface area contributed by atoms with Crippen molar-refractivity contribution in [1.82, 2.24) is 19.9 Å². The van der Waals surface area contributed by atoms with E-state index in [1.165, 1.54) is 0 Å². The highest BCUT2D eigenvalue weighted by Gasteiger charge is 2.21. The number of benzene rings is 1. The first-order valence-electron chi connectivity index (χ1n) is 8.81. The largest absolute Gasteiger partial charge is 0.331 e. The van der Waals surface area contributed by atoms with E-state index in [0.29, 0.717) is 35.8 Å². The lowest BCUT2D eigenvalue weighted by Crippen LogP contribution is -2.29. The standard InChI is InChI=1S/C20H18BrN5O2/c1-11-12(2)15(19(28)26-7-3-4-8-26)6-5-14(11)18(27)25-20-23-16-9-13(21)10-22-17(16)24-20/h3-6,9-10H,7-8H2,1-2H3,(H2,22,23,24,25,27). The zero-order valence-corrected chi connectivity index (χ0v) is 17.0. The van der Waals surface area contributed by atoms with Gasteiger partial charge in [-0.1, -0.05) is 12.2 Å². The van der Waals surface area contributed by atoms with Crippen molar-refractivity contribution < 1.29 is 9.59 Å². The van der Waals surface area contributed by atoms with Gasteiger partial charge in [0.1, 0.15) is 0 Å². The molecule has 4 rings (SSSR count). The van der Waals surface area contributed by atoms with Gasteiger partial charge in [0.05, 0.1) is 5.52 Å². The van der Waals surface area contributed by atoms with Gasteiger partial charge in [-0.3, -0.25) is 14.9 Å². The third-order valence-corrected chi connectivity index (χ3v) is 5.34. The Balaban J connectivity index is 1.58. The minimum atomic E-state index is -0.291. The summed E-state index contributed by atoms with van der Waals surface area (Å²) in [5.74, 6) is 0.0120. The number of rotatable bonds is 3. The topological polar surface area (TPSA) is 91.0 Å². The molecule has 1 aliphatic heterocycles. The summed E-state index contributed by atoms with van der Waals surface area (Å²) in [6.07, 6.45) is 5.60. The SMILES string of the molecule is Cc1c(C(=O)Nc2nc3ncc(Br)cc3[nH]2)ccc(C(=O)N2CC=CC2)c1C. The molecule has 0 saturated carbocycles. The predicted molar refractivity (Wildman–Crippen MR) is 111 cm³/mol. The Kier molecular flexibility index (Phi) is 4.72. The molecule has 0 fully saturated rings. The Hall–Kier alpha value is -3.00. The lowest BCUT2D eigenvalue weighted by Gasteiger charge is -2.18. The molecule has 142 valence electrons. The number of aromatic amines is 1. The highest BCUT2D eigenvalue weighted by atomic mass is 79.9. The van der Waals surface area contributed by atoms with Gasteiger partial charge in [-0.25, -0.2) is 4.98 Å². The van der Waals surface area contributed by atoms with Crippen molar-refractivity contribution in [2.75, 3.05) is 18.4 Å². The number of imidazole rings is 1. The molecule has 3 aromatic rings. The molecule has 3 heterocycles. The summed E-state index contributed by atoms with van der Waals surface area (Å²) in [6.45, 7) is 4.96. The quantitative estimate of drug-likeness (QED) is 0.609. The second-order valence-corrected chi connectivity index (χ2v) is 7.57. The van der Waals surface area contributed by atoms with Crippen LogP contribution in [0.3, 0.4) is 0 Å². The van der Waals surface area contributed by atoms with Gasteiger partial charge in [0.2, 0.25) is 5.95 Å². The summed E-state index contributed by atoms with van der Waals surface area (Å²) in [6, 6.07) is 5.25. The number of fused-ring (bicyclic) bond motifs is 1. The second kappa shape index (κ2) is 7.20. The van der Waals surface area contributed by atoms with Gasteiger partial charge in [0.25, 0.3) is 11.8 Å². The number of halogens is 1. The van der Waals surface area contributed by atoms with Crippen LogP contribution in [-0.4, -0.2) is 44.8 Å². The van der Waals surface area contributed by atoms with E-state index in [-0.39, 0.29) is 11.8 Å². The molecule has 7 nitrogen and oxygen atoms in total. The van der Waals surface area contributed by atoms with Crippen molar-refractivity contribution in [3.8, 4) is 0 Å². The Morgan fingerprint density at radius 2 is 1.82 bits per heavy atom. The van der Waals surface area contributed by atoms with Crippen molar-refractivity contribution in [2.45, 2.75) is 13.8 Å². The highest BCUT2D eigenvalue weighted by Crippen LogP contribution is 2.22. The van der Waals surface area contributed by atoms with E-state index in [1.807, 2.05) is 32.1 Å². The van der Waals surface area contributed by atoms with Crippen molar-refractivity contribution in [3.63, 3.8) is 0 Å². The number of amides is 2. The highest BCUT2D eigenvalue weighted by molar-refractivity contribution is 9.10. The van der Waals surface area contributed by atoms with Crippen molar-refractivity contribution in [2.24, 2.45) is 0 Å².